The minimum Gasteiger partial charge on any atom is -0.381 e. The molecule has 1 aliphatic heterocycles. The highest BCUT2D eigenvalue weighted by molar-refractivity contribution is 4.87. The van der Waals surface area contributed by atoms with E-state index in [1.54, 1.807) is 6.20 Å². The van der Waals surface area contributed by atoms with Crippen molar-refractivity contribution < 1.29 is 4.74 Å². The summed E-state index contributed by atoms with van der Waals surface area (Å²) in [7, 11) is 0. The fourth-order valence-corrected chi connectivity index (χ4v) is 1.59. The summed E-state index contributed by atoms with van der Waals surface area (Å²) in [6.45, 7) is 1.89. The van der Waals surface area contributed by atoms with Crippen molar-refractivity contribution in [2.24, 2.45) is 5.92 Å². The second-order valence-electron chi connectivity index (χ2n) is 3.30. The molecule has 1 saturated heterocycles. The number of aromatic nitrogens is 2. The molecule has 66 valence electrons. The van der Waals surface area contributed by atoms with E-state index in [1.807, 2.05) is 6.20 Å². The average molecular weight is 166 g/mol. The van der Waals surface area contributed by atoms with E-state index in [2.05, 4.69) is 9.97 Å². The van der Waals surface area contributed by atoms with Gasteiger partial charge in [0.2, 0.25) is 0 Å². The number of imidazole rings is 1. The van der Waals surface area contributed by atoms with Crippen molar-refractivity contribution in [3.63, 3.8) is 0 Å². The van der Waals surface area contributed by atoms with Crippen LogP contribution in [-0.4, -0.2) is 23.2 Å². The number of hydrogen-bond acceptors (Lipinski definition) is 2. The van der Waals surface area contributed by atoms with Crippen LogP contribution < -0.4 is 0 Å². The Hall–Kier alpha value is -0.830. The third-order valence-electron chi connectivity index (χ3n) is 2.37. The number of aryl methyl sites for hydroxylation is 1. The second kappa shape index (κ2) is 3.72. The first kappa shape index (κ1) is 7.80. The molecule has 1 aliphatic rings. The fourth-order valence-electron chi connectivity index (χ4n) is 1.59. The highest BCUT2D eigenvalue weighted by atomic mass is 16.5. The number of hydrogen-bond donors (Lipinski definition) is 1. The second-order valence-corrected chi connectivity index (χ2v) is 3.30. The van der Waals surface area contributed by atoms with E-state index in [4.69, 9.17) is 4.74 Å². The van der Waals surface area contributed by atoms with Crippen molar-refractivity contribution in [1.82, 2.24) is 9.97 Å². The van der Waals surface area contributed by atoms with Gasteiger partial charge in [-0.2, -0.15) is 0 Å². The lowest BCUT2D eigenvalue weighted by atomic mass is 10.0. The molecule has 1 fully saturated rings. The Labute approximate surface area is 72.2 Å². The lowest BCUT2D eigenvalue weighted by molar-refractivity contribution is 0.184. The average Bonchev–Trinajstić information content (AvgIpc) is 2.74. The normalized spacial score (nSPS) is 23.2. The van der Waals surface area contributed by atoms with Crippen LogP contribution in [0.25, 0.3) is 0 Å². The van der Waals surface area contributed by atoms with Crippen LogP contribution in [0.5, 0.6) is 0 Å². The Balaban J connectivity index is 1.74. The Bertz CT molecular complexity index is 214. The monoisotopic (exact) mass is 166 g/mol. The van der Waals surface area contributed by atoms with Gasteiger partial charge in [-0.25, -0.2) is 4.98 Å². The minimum atomic E-state index is 0.759. The van der Waals surface area contributed by atoms with Gasteiger partial charge in [-0.1, -0.05) is 0 Å². The molecule has 3 heteroatoms. The molecule has 0 aliphatic carbocycles. The molecule has 0 radical (unpaired) electrons. The van der Waals surface area contributed by atoms with Gasteiger partial charge in [0.25, 0.3) is 0 Å². The van der Waals surface area contributed by atoms with Crippen LogP contribution in [0.2, 0.25) is 0 Å². The number of H-pyrrole nitrogens is 1. The van der Waals surface area contributed by atoms with E-state index in [9.17, 15) is 0 Å². The molecule has 1 aromatic heterocycles. The summed E-state index contributed by atoms with van der Waals surface area (Å²) in [4.78, 5) is 7.29. The first-order chi connectivity index (χ1) is 5.95. The van der Waals surface area contributed by atoms with Crippen LogP contribution in [0.15, 0.2) is 12.4 Å². The van der Waals surface area contributed by atoms with Crippen molar-refractivity contribution in [2.75, 3.05) is 13.2 Å². The molecule has 2 rings (SSSR count). The maximum absolute atomic E-state index is 5.30. The summed E-state index contributed by atoms with van der Waals surface area (Å²) in [5.41, 5.74) is 0. The zero-order chi connectivity index (χ0) is 8.23. The highest BCUT2D eigenvalue weighted by Crippen LogP contribution is 2.17. The topological polar surface area (TPSA) is 37.9 Å². The number of ether oxygens (including phenoxy) is 1. The molecule has 0 bridgehead atoms. The summed E-state index contributed by atoms with van der Waals surface area (Å²) in [5.74, 6) is 1.86. The third-order valence-corrected chi connectivity index (χ3v) is 2.37. The molecule has 2 heterocycles. The minimum absolute atomic E-state index is 0.759. The lowest BCUT2D eigenvalue weighted by Crippen LogP contribution is -2.01. The standard InChI is InChI=1S/C9H14N2O/c1(8-3-6-12-7-8)2-9-10-4-5-11-9/h4-5,8H,1-3,6-7H2,(H,10,11). The Morgan fingerprint density at radius 2 is 2.67 bits per heavy atom. The lowest BCUT2D eigenvalue weighted by Gasteiger charge is -2.04. The summed E-state index contributed by atoms with van der Waals surface area (Å²) in [6, 6.07) is 0. The molecule has 1 atom stereocenters. The summed E-state index contributed by atoms with van der Waals surface area (Å²) >= 11 is 0. The summed E-state index contributed by atoms with van der Waals surface area (Å²) < 4.78 is 5.30. The van der Waals surface area contributed by atoms with Crippen molar-refractivity contribution >= 4 is 0 Å². The van der Waals surface area contributed by atoms with Crippen molar-refractivity contribution in [2.45, 2.75) is 19.3 Å². The molecule has 0 aromatic carbocycles. The van der Waals surface area contributed by atoms with Crippen molar-refractivity contribution in [3.8, 4) is 0 Å². The van der Waals surface area contributed by atoms with Gasteiger partial charge in [0.15, 0.2) is 0 Å². The van der Waals surface area contributed by atoms with Gasteiger partial charge in [-0.3, -0.25) is 0 Å². The van der Waals surface area contributed by atoms with Crippen LogP contribution >= 0.6 is 0 Å². The molecule has 0 spiro atoms. The number of aromatic amines is 1. The Morgan fingerprint density at radius 1 is 1.67 bits per heavy atom. The highest BCUT2D eigenvalue weighted by Gasteiger charge is 2.15. The zero-order valence-corrected chi connectivity index (χ0v) is 7.12. The van der Waals surface area contributed by atoms with E-state index in [1.165, 1.54) is 12.8 Å². The molecule has 1 unspecified atom stereocenters. The maximum atomic E-state index is 5.30. The van der Waals surface area contributed by atoms with Gasteiger partial charge in [0.05, 0.1) is 0 Å². The predicted octanol–water partition coefficient (Wildman–Crippen LogP) is 1.38. The molecular formula is C9H14N2O. The van der Waals surface area contributed by atoms with Crippen LogP contribution in [0.1, 0.15) is 18.7 Å². The number of nitrogens with one attached hydrogen (secondary N) is 1. The Kier molecular flexibility index (Phi) is 2.42. The van der Waals surface area contributed by atoms with Gasteiger partial charge < -0.3 is 9.72 Å². The van der Waals surface area contributed by atoms with Crippen LogP contribution in [-0.2, 0) is 11.2 Å². The molecule has 0 saturated carbocycles. The summed E-state index contributed by atoms with van der Waals surface area (Å²) in [5, 5.41) is 0. The Morgan fingerprint density at radius 3 is 3.33 bits per heavy atom. The maximum Gasteiger partial charge on any atom is 0.106 e. The molecule has 3 nitrogen and oxygen atoms in total. The van der Waals surface area contributed by atoms with Crippen molar-refractivity contribution in [3.05, 3.63) is 18.2 Å². The largest absolute Gasteiger partial charge is 0.381 e. The molecular weight excluding hydrogens is 152 g/mol. The SMILES string of the molecule is c1c[nH]c(CCC2CCOC2)n1. The fraction of sp³-hybridized carbons (Fsp3) is 0.667. The molecule has 12 heavy (non-hydrogen) atoms. The van der Waals surface area contributed by atoms with E-state index >= 15 is 0 Å². The van der Waals surface area contributed by atoms with E-state index in [-0.39, 0.29) is 0 Å². The summed E-state index contributed by atoms with van der Waals surface area (Å²) in [6.07, 6.45) is 7.16. The number of rotatable bonds is 3. The zero-order valence-electron chi connectivity index (χ0n) is 7.12. The van der Waals surface area contributed by atoms with Crippen molar-refractivity contribution in [1.29, 1.82) is 0 Å². The first-order valence-corrected chi connectivity index (χ1v) is 4.51. The molecule has 0 amide bonds. The van der Waals surface area contributed by atoms with Gasteiger partial charge in [-0.05, 0) is 18.8 Å². The number of nitrogens with zero attached hydrogens (tertiary/aromatic N) is 1. The quantitative estimate of drug-likeness (QED) is 0.736. The van der Waals surface area contributed by atoms with E-state index in [0.717, 1.165) is 31.4 Å². The first-order valence-electron chi connectivity index (χ1n) is 4.51. The van der Waals surface area contributed by atoms with Crippen LogP contribution in [0, 0.1) is 5.92 Å². The van der Waals surface area contributed by atoms with Gasteiger partial charge in [0.1, 0.15) is 5.82 Å². The third kappa shape index (κ3) is 1.85. The molecule has 1 N–H and O–H groups in total. The molecule has 1 aromatic rings. The van der Waals surface area contributed by atoms with Crippen LogP contribution in [0.3, 0.4) is 0 Å². The predicted molar refractivity (Wildman–Crippen MR) is 45.8 cm³/mol. The van der Waals surface area contributed by atoms with E-state index in [0.29, 0.717) is 0 Å². The smallest absolute Gasteiger partial charge is 0.106 e. The van der Waals surface area contributed by atoms with Gasteiger partial charge >= 0.3 is 0 Å². The van der Waals surface area contributed by atoms with Crippen LogP contribution in [0.4, 0.5) is 0 Å². The van der Waals surface area contributed by atoms with Gasteiger partial charge in [0, 0.05) is 32.0 Å². The van der Waals surface area contributed by atoms with Gasteiger partial charge in [-0.15, -0.1) is 0 Å². The van der Waals surface area contributed by atoms with E-state index < -0.39 is 0 Å².